The van der Waals surface area contributed by atoms with Gasteiger partial charge in [0.15, 0.2) is 0 Å². The first-order chi connectivity index (χ1) is 13.8. The lowest BCUT2D eigenvalue weighted by Gasteiger charge is -2.29. The van der Waals surface area contributed by atoms with E-state index in [1.54, 1.807) is 18.2 Å². The molecule has 8 heteroatoms. The molecule has 1 aromatic carbocycles. The van der Waals surface area contributed by atoms with Crippen molar-refractivity contribution in [2.75, 3.05) is 19.6 Å². The van der Waals surface area contributed by atoms with Gasteiger partial charge in [-0.15, -0.1) is 0 Å². The molecule has 2 heterocycles. The van der Waals surface area contributed by atoms with Crippen LogP contribution in [0.5, 0.6) is 0 Å². The van der Waals surface area contributed by atoms with Gasteiger partial charge in [0.2, 0.25) is 15.9 Å². The molecule has 29 heavy (non-hydrogen) atoms. The lowest BCUT2D eigenvalue weighted by molar-refractivity contribution is -0.121. The number of aryl methyl sites for hydroxylation is 1. The number of piperidine rings is 1. The molecule has 1 aliphatic heterocycles. The molecule has 0 saturated carbocycles. The molecule has 3 rings (SSSR count). The van der Waals surface area contributed by atoms with Crippen molar-refractivity contribution in [3.63, 3.8) is 0 Å². The van der Waals surface area contributed by atoms with Crippen LogP contribution in [0, 0.1) is 19.8 Å². The molecule has 2 aromatic rings. The van der Waals surface area contributed by atoms with Crippen LogP contribution >= 0.6 is 0 Å². The minimum absolute atomic E-state index is 0.00795. The fourth-order valence-corrected chi connectivity index (χ4v) is 5.59. The summed E-state index contributed by atoms with van der Waals surface area (Å²) < 4.78 is 29.3. The third kappa shape index (κ3) is 5.05. The maximum absolute atomic E-state index is 13.1. The number of hydrogen-bond acceptors (Lipinski definition) is 4. The van der Waals surface area contributed by atoms with Gasteiger partial charge in [0.1, 0.15) is 11.4 Å². The molecule has 0 aliphatic carbocycles. The van der Waals surface area contributed by atoms with Crippen molar-refractivity contribution in [2.24, 2.45) is 5.92 Å². The Morgan fingerprint density at radius 3 is 2.48 bits per heavy atom. The molecule has 0 unspecified atom stereocenters. The van der Waals surface area contributed by atoms with E-state index in [0.717, 1.165) is 24.8 Å². The summed E-state index contributed by atoms with van der Waals surface area (Å²) in [5.74, 6) is 0.369. The molecule has 1 aromatic heterocycles. The molecule has 1 saturated heterocycles. The number of hydrogen-bond donors (Lipinski definition) is 1. The maximum atomic E-state index is 13.1. The van der Waals surface area contributed by atoms with E-state index in [1.807, 2.05) is 30.3 Å². The Bertz CT molecular complexity index is 946. The Hall–Kier alpha value is -2.19. The first-order valence-electron chi connectivity index (χ1n) is 10.1. The monoisotopic (exact) mass is 418 g/mol. The molecule has 0 bridgehead atoms. The molecule has 1 amide bonds. The largest absolute Gasteiger partial charge is 0.354 e. The maximum Gasteiger partial charge on any atom is 0.246 e. The van der Waals surface area contributed by atoms with E-state index in [0.29, 0.717) is 36.9 Å². The number of rotatable bonds is 7. The van der Waals surface area contributed by atoms with Gasteiger partial charge in [0.25, 0.3) is 0 Å². The highest BCUT2D eigenvalue weighted by Gasteiger charge is 2.33. The number of sulfonamides is 1. The van der Waals surface area contributed by atoms with Crippen LogP contribution in [0.3, 0.4) is 0 Å². The summed E-state index contributed by atoms with van der Waals surface area (Å²) in [5, 5.41) is 7.23. The summed E-state index contributed by atoms with van der Waals surface area (Å²) in [7, 11) is -3.60. The van der Waals surface area contributed by atoms with E-state index in [4.69, 9.17) is 0 Å². The second kappa shape index (κ2) is 9.09. The van der Waals surface area contributed by atoms with Gasteiger partial charge in [-0.25, -0.2) is 8.42 Å². The molecule has 1 N–H and O–H groups in total. The zero-order valence-corrected chi connectivity index (χ0v) is 18.2. The van der Waals surface area contributed by atoms with Crippen molar-refractivity contribution in [1.29, 1.82) is 0 Å². The number of benzene rings is 1. The highest BCUT2D eigenvalue weighted by Crippen LogP contribution is 2.27. The van der Waals surface area contributed by atoms with Gasteiger partial charge in [-0.3, -0.25) is 9.48 Å². The topological polar surface area (TPSA) is 84.3 Å². The van der Waals surface area contributed by atoms with Crippen LogP contribution in [0.15, 0.2) is 35.2 Å². The number of aromatic nitrogens is 2. The van der Waals surface area contributed by atoms with E-state index in [2.05, 4.69) is 17.3 Å². The molecular formula is C21H30N4O3S. The van der Waals surface area contributed by atoms with Crippen LogP contribution in [0.25, 0.3) is 0 Å². The molecule has 7 nitrogen and oxygen atoms in total. The zero-order valence-electron chi connectivity index (χ0n) is 17.4. The Morgan fingerprint density at radius 2 is 1.83 bits per heavy atom. The van der Waals surface area contributed by atoms with Crippen LogP contribution in [0.1, 0.15) is 36.7 Å². The highest BCUT2D eigenvalue weighted by atomic mass is 32.2. The van der Waals surface area contributed by atoms with Crippen molar-refractivity contribution in [1.82, 2.24) is 19.4 Å². The average molecular weight is 419 g/mol. The van der Waals surface area contributed by atoms with E-state index < -0.39 is 10.0 Å². The number of amides is 1. The SMILES string of the molecule is Cc1nn(CC(=O)NCCc2ccccc2)c(C)c1S(=O)(=O)N1CCC(C)CC1. The number of nitrogens with zero attached hydrogens (tertiary/aromatic N) is 3. The van der Waals surface area contributed by atoms with E-state index in [9.17, 15) is 13.2 Å². The zero-order chi connectivity index (χ0) is 21.0. The molecular weight excluding hydrogens is 388 g/mol. The Morgan fingerprint density at radius 1 is 1.17 bits per heavy atom. The Kier molecular flexibility index (Phi) is 6.74. The van der Waals surface area contributed by atoms with Crippen LogP contribution in [-0.4, -0.2) is 48.0 Å². The normalized spacial score (nSPS) is 16.1. The highest BCUT2D eigenvalue weighted by molar-refractivity contribution is 7.89. The van der Waals surface area contributed by atoms with E-state index in [1.165, 1.54) is 4.68 Å². The predicted molar refractivity (Wildman–Crippen MR) is 112 cm³/mol. The molecule has 1 aliphatic rings. The number of carbonyl (C=O) groups is 1. The van der Waals surface area contributed by atoms with Crippen molar-refractivity contribution < 1.29 is 13.2 Å². The smallest absolute Gasteiger partial charge is 0.246 e. The lowest BCUT2D eigenvalue weighted by Crippen LogP contribution is -2.38. The number of carbonyl (C=O) groups excluding carboxylic acids is 1. The predicted octanol–water partition coefficient (Wildman–Crippen LogP) is 2.28. The van der Waals surface area contributed by atoms with Crippen molar-refractivity contribution in [2.45, 2.75) is 51.5 Å². The van der Waals surface area contributed by atoms with E-state index >= 15 is 0 Å². The van der Waals surface area contributed by atoms with Crippen LogP contribution in [-0.2, 0) is 27.8 Å². The molecule has 158 valence electrons. The van der Waals surface area contributed by atoms with Crippen molar-refractivity contribution in [3.05, 3.63) is 47.3 Å². The summed E-state index contributed by atoms with van der Waals surface area (Å²) in [6.07, 6.45) is 2.49. The Balaban J connectivity index is 1.65. The van der Waals surface area contributed by atoms with Gasteiger partial charge in [-0.05, 0) is 44.6 Å². The van der Waals surface area contributed by atoms with Crippen LogP contribution < -0.4 is 5.32 Å². The van der Waals surface area contributed by atoms with Crippen LogP contribution in [0.2, 0.25) is 0 Å². The standard InChI is InChI=1S/C21H30N4O3S/c1-16-10-13-24(14-11-16)29(27,28)21-17(2)23-25(18(21)3)15-20(26)22-12-9-19-7-5-4-6-8-19/h4-8,16H,9-15H2,1-3H3,(H,22,26). The minimum atomic E-state index is -3.60. The molecule has 1 fully saturated rings. The third-order valence-electron chi connectivity index (χ3n) is 5.53. The summed E-state index contributed by atoms with van der Waals surface area (Å²) in [4.78, 5) is 12.6. The van der Waals surface area contributed by atoms with Crippen LogP contribution in [0.4, 0.5) is 0 Å². The molecule has 0 radical (unpaired) electrons. The van der Waals surface area contributed by atoms with Gasteiger partial charge in [-0.1, -0.05) is 37.3 Å². The van der Waals surface area contributed by atoms with Gasteiger partial charge in [0.05, 0.1) is 11.4 Å². The van der Waals surface area contributed by atoms with Gasteiger partial charge in [-0.2, -0.15) is 9.40 Å². The first kappa shape index (κ1) is 21.5. The van der Waals surface area contributed by atoms with E-state index in [-0.39, 0.29) is 17.3 Å². The molecule has 0 spiro atoms. The lowest BCUT2D eigenvalue weighted by atomic mass is 10.0. The summed E-state index contributed by atoms with van der Waals surface area (Å²) in [6.45, 7) is 7.16. The van der Waals surface area contributed by atoms with Gasteiger partial charge in [0, 0.05) is 19.6 Å². The first-order valence-corrected chi connectivity index (χ1v) is 11.6. The fraction of sp³-hybridized carbons (Fsp3) is 0.524. The van der Waals surface area contributed by atoms with Crippen molar-refractivity contribution >= 4 is 15.9 Å². The summed E-state index contributed by atoms with van der Waals surface area (Å²) in [5.41, 5.74) is 2.11. The fourth-order valence-electron chi connectivity index (χ4n) is 3.74. The van der Waals surface area contributed by atoms with Gasteiger partial charge >= 0.3 is 0 Å². The second-order valence-electron chi connectivity index (χ2n) is 7.83. The van der Waals surface area contributed by atoms with Crippen molar-refractivity contribution in [3.8, 4) is 0 Å². The number of nitrogens with one attached hydrogen (secondary N) is 1. The van der Waals surface area contributed by atoms with Gasteiger partial charge < -0.3 is 5.32 Å². The second-order valence-corrected chi connectivity index (χ2v) is 9.70. The minimum Gasteiger partial charge on any atom is -0.354 e. The Labute approximate surface area is 173 Å². The summed E-state index contributed by atoms with van der Waals surface area (Å²) >= 11 is 0. The molecule has 0 atom stereocenters. The average Bonchev–Trinajstić information content (AvgIpc) is 2.96. The summed E-state index contributed by atoms with van der Waals surface area (Å²) in [6, 6.07) is 9.94. The quantitative estimate of drug-likeness (QED) is 0.748. The third-order valence-corrected chi connectivity index (χ3v) is 7.68.